The molecular weight excluding hydrogens is 524 g/mol. The van der Waals surface area contributed by atoms with Gasteiger partial charge in [-0.1, -0.05) is 19.1 Å². The van der Waals surface area contributed by atoms with E-state index in [1.807, 2.05) is 31.2 Å². The van der Waals surface area contributed by atoms with Gasteiger partial charge in [0.05, 0.1) is 23.2 Å². The van der Waals surface area contributed by atoms with E-state index < -0.39 is 22.6 Å². The van der Waals surface area contributed by atoms with Crippen molar-refractivity contribution in [1.29, 1.82) is 0 Å². The van der Waals surface area contributed by atoms with Crippen LogP contribution in [0.25, 0.3) is 0 Å². The Labute approximate surface area is 243 Å². The van der Waals surface area contributed by atoms with Crippen molar-refractivity contribution in [2.75, 3.05) is 55.7 Å². The van der Waals surface area contributed by atoms with Crippen LogP contribution in [0.3, 0.4) is 0 Å². The number of hydrogen-bond donors (Lipinski definition) is 1. The average molecular weight is 569 g/mol. The van der Waals surface area contributed by atoms with Crippen LogP contribution >= 0.6 is 11.8 Å². The lowest BCUT2D eigenvalue weighted by Gasteiger charge is -2.37. The lowest BCUT2D eigenvalue weighted by Crippen LogP contribution is -2.55. The largest absolute Gasteiger partial charge is 0.395 e. The first-order valence-electron chi connectivity index (χ1n) is 14.6. The van der Waals surface area contributed by atoms with Crippen LogP contribution in [0.1, 0.15) is 40.0 Å². The molecule has 3 fully saturated rings. The maximum atomic E-state index is 14.5. The van der Waals surface area contributed by atoms with Crippen LogP contribution in [0, 0.1) is 11.8 Å². The second kappa shape index (κ2) is 12.8. The van der Waals surface area contributed by atoms with Crippen LogP contribution in [-0.2, 0) is 14.4 Å². The van der Waals surface area contributed by atoms with Gasteiger partial charge in [0.15, 0.2) is 0 Å². The van der Waals surface area contributed by atoms with Gasteiger partial charge >= 0.3 is 0 Å². The van der Waals surface area contributed by atoms with E-state index in [-0.39, 0.29) is 36.1 Å². The quantitative estimate of drug-likeness (QED) is 0.346. The predicted octanol–water partition coefficient (Wildman–Crippen LogP) is 3.56. The second-order valence-corrected chi connectivity index (χ2v) is 12.4. The van der Waals surface area contributed by atoms with E-state index in [4.69, 9.17) is 0 Å². The van der Waals surface area contributed by atoms with E-state index in [1.165, 1.54) is 0 Å². The van der Waals surface area contributed by atoms with E-state index in [9.17, 15) is 19.5 Å². The van der Waals surface area contributed by atoms with Crippen molar-refractivity contribution in [1.82, 2.24) is 9.80 Å². The summed E-state index contributed by atoms with van der Waals surface area (Å²) in [4.78, 5) is 49.7. The van der Waals surface area contributed by atoms with Crippen molar-refractivity contribution in [3.63, 3.8) is 0 Å². The number of benzene rings is 1. The molecule has 0 saturated carbocycles. The van der Waals surface area contributed by atoms with Crippen molar-refractivity contribution < 1.29 is 19.5 Å². The minimum atomic E-state index is -0.758. The lowest BCUT2D eigenvalue weighted by molar-refractivity contribution is -0.144. The minimum absolute atomic E-state index is 0.00148. The van der Waals surface area contributed by atoms with Gasteiger partial charge in [-0.2, -0.15) is 0 Å². The zero-order chi connectivity index (χ0) is 29.0. The summed E-state index contributed by atoms with van der Waals surface area (Å²) in [6.07, 6.45) is 5.72. The lowest BCUT2D eigenvalue weighted by atomic mass is 9.70. The molecule has 2 unspecified atom stereocenters. The Kier molecular flexibility index (Phi) is 9.67. The van der Waals surface area contributed by atoms with E-state index in [0.29, 0.717) is 26.1 Å². The molecule has 3 aliphatic rings. The monoisotopic (exact) mass is 568 g/mol. The Hall–Kier alpha value is -2.78. The fraction of sp³-hybridized carbons (Fsp3) is 0.581. The van der Waals surface area contributed by atoms with Crippen molar-refractivity contribution >= 4 is 40.9 Å². The predicted molar refractivity (Wildman–Crippen MR) is 163 cm³/mol. The topological polar surface area (TPSA) is 84.4 Å². The van der Waals surface area contributed by atoms with E-state index in [2.05, 4.69) is 31.9 Å². The van der Waals surface area contributed by atoms with Crippen LogP contribution in [0.15, 0.2) is 49.6 Å². The van der Waals surface area contributed by atoms with Gasteiger partial charge in [-0.3, -0.25) is 14.4 Å². The minimum Gasteiger partial charge on any atom is -0.395 e. The highest BCUT2D eigenvalue weighted by atomic mass is 32.2. The third-order valence-corrected chi connectivity index (χ3v) is 10.6. The number of amides is 3. The van der Waals surface area contributed by atoms with Crippen molar-refractivity contribution in [3.8, 4) is 0 Å². The number of anilines is 2. The molecule has 3 saturated heterocycles. The molecule has 1 N–H and O–H groups in total. The van der Waals surface area contributed by atoms with Gasteiger partial charge in [-0.25, -0.2) is 0 Å². The van der Waals surface area contributed by atoms with Crippen LogP contribution in [-0.4, -0.2) is 94.5 Å². The molecule has 3 heterocycles. The molecule has 4 rings (SSSR count). The molecule has 1 aromatic carbocycles. The van der Waals surface area contributed by atoms with Gasteiger partial charge in [0.2, 0.25) is 11.8 Å². The molecule has 3 amide bonds. The Morgan fingerprint density at radius 1 is 1.07 bits per heavy atom. The molecule has 0 aliphatic carbocycles. The highest BCUT2D eigenvalue weighted by Crippen LogP contribution is 2.66. The second-order valence-electron chi connectivity index (χ2n) is 10.8. The Morgan fingerprint density at radius 3 is 2.30 bits per heavy atom. The molecule has 8 nitrogen and oxygen atoms in total. The zero-order valence-electron chi connectivity index (χ0n) is 24.1. The Morgan fingerprint density at radius 2 is 1.73 bits per heavy atom. The number of carbonyl (C=O) groups is 3. The van der Waals surface area contributed by atoms with Gasteiger partial charge in [0.1, 0.15) is 6.04 Å². The molecule has 3 aliphatic heterocycles. The summed E-state index contributed by atoms with van der Waals surface area (Å²) in [6.45, 7) is 16.9. The summed E-state index contributed by atoms with van der Waals surface area (Å²) in [7, 11) is 0. The van der Waals surface area contributed by atoms with Crippen LogP contribution < -0.4 is 9.80 Å². The van der Waals surface area contributed by atoms with E-state index in [1.54, 1.807) is 38.6 Å². The molecule has 40 heavy (non-hydrogen) atoms. The summed E-state index contributed by atoms with van der Waals surface area (Å²) in [5.74, 6) is -1.45. The third kappa shape index (κ3) is 5.07. The fourth-order valence-electron chi connectivity index (χ4n) is 7.02. The van der Waals surface area contributed by atoms with Gasteiger partial charge in [-0.15, -0.1) is 24.9 Å². The fourth-order valence-corrected chi connectivity index (χ4v) is 9.23. The molecule has 0 radical (unpaired) electrons. The van der Waals surface area contributed by atoms with Crippen molar-refractivity contribution in [2.24, 2.45) is 11.8 Å². The van der Waals surface area contributed by atoms with Crippen molar-refractivity contribution in [3.05, 3.63) is 49.6 Å². The molecule has 2 bridgehead atoms. The summed E-state index contributed by atoms with van der Waals surface area (Å²) in [5, 5.41) is 9.93. The number of aliphatic hydroxyl groups is 1. The molecular formula is C31H44N4O4S. The molecule has 9 heteroatoms. The van der Waals surface area contributed by atoms with Gasteiger partial charge in [-0.05, 0) is 57.4 Å². The smallest absolute Gasteiger partial charge is 0.251 e. The molecule has 1 spiro atoms. The van der Waals surface area contributed by atoms with Crippen LogP contribution in [0.5, 0.6) is 0 Å². The number of aliphatic hydroxyl groups excluding tert-OH is 1. The Bertz CT molecular complexity index is 1110. The zero-order valence-corrected chi connectivity index (χ0v) is 24.9. The average Bonchev–Trinajstić information content (AvgIpc) is 3.60. The number of thioether (sulfide) groups is 1. The number of fused-ring (bicyclic) bond motifs is 1. The highest BCUT2D eigenvalue weighted by molar-refractivity contribution is 8.02. The van der Waals surface area contributed by atoms with Crippen LogP contribution in [0.4, 0.5) is 11.4 Å². The van der Waals surface area contributed by atoms with E-state index >= 15 is 0 Å². The summed E-state index contributed by atoms with van der Waals surface area (Å²) in [5.41, 5.74) is 1.82. The number of β-amino-alcohol motifs (C(OH)–C–C–N with tert-alkyl or cyclic N) is 1. The maximum absolute atomic E-state index is 14.5. The maximum Gasteiger partial charge on any atom is 0.251 e. The number of nitrogens with zero attached hydrogens (tertiary/aromatic N) is 4. The summed E-state index contributed by atoms with van der Waals surface area (Å²) in [6, 6.07) is 7.17. The summed E-state index contributed by atoms with van der Waals surface area (Å²) >= 11 is 1.65. The van der Waals surface area contributed by atoms with Gasteiger partial charge < -0.3 is 24.7 Å². The molecule has 218 valence electrons. The van der Waals surface area contributed by atoms with Gasteiger partial charge in [0, 0.05) is 55.9 Å². The SMILES string of the molecule is C=CCN(CCC)C(=O)[C@@H]1[C@@H]2CCC3(S2)C(C(=O)N(CC=C)c2ccc(N(CC)CC)cc2)N(CCO)C(=O)[C@H]13. The standard InChI is InChI=1S/C31H44N4O4S/c1-6-17-33(18-7-2)28(37)25-24-15-16-31(40-24)26(25)29(38)35(20-21-36)27(31)30(39)34(19-8-3)23-13-11-22(12-14-23)32(9-4)10-5/h6,8,11-14,24-27,36H,1,3,7,9-10,15-21H2,2,4-5H3/t24-,25+,26-,27?,31?/m0/s1. The van der Waals surface area contributed by atoms with E-state index in [0.717, 1.165) is 37.3 Å². The first-order valence-corrected chi connectivity index (χ1v) is 15.5. The Balaban J connectivity index is 1.71. The number of likely N-dealkylation sites (tertiary alicyclic amines) is 1. The third-order valence-electron chi connectivity index (χ3n) is 8.68. The molecule has 1 aromatic rings. The van der Waals surface area contributed by atoms with Crippen LogP contribution in [0.2, 0.25) is 0 Å². The van der Waals surface area contributed by atoms with Crippen molar-refractivity contribution in [2.45, 2.75) is 56.1 Å². The number of carbonyl (C=O) groups excluding carboxylic acids is 3. The molecule has 5 atom stereocenters. The highest BCUT2D eigenvalue weighted by Gasteiger charge is 2.74. The number of rotatable bonds is 14. The normalized spacial score (nSPS) is 26.5. The summed E-state index contributed by atoms with van der Waals surface area (Å²) < 4.78 is -0.693. The molecule has 0 aromatic heterocycles. The van der Waals surface area contributed by atoms with Gasteiger partial charge in [0.25, 0.3) is 5.91 Å². The number of hydrogen-bond acceptors (Lipinski definition) is 6. The first kappa shape index (κ1) is 30.2. The first-order chi connectivity index (χ1) is 19.3.